The summed E-state index contributed by atoms with van der Waals surface area (Å²) in [5.41, 5.74) is 1.22. The van der Waals surface area contributed by atoms with Crippen molar-refractivity contribution in [1.29, 1.82) is 5.26 Å². The molecule has 1 unspecified atom stereocenters. The minimum absolute atomic E-state index is 0.0689. The first-order valence-electron chi connectivity index (χ1n) is 8.04. The number of aryl methyl sites for hydroxylation is 1. The number of fused-ring (bicyclic) bond motifs is 3. The molecule has 0 spiro atoms. The number of carbonyl (C=O) groups is 1. The van der Waals surface area contributed by atoms with Crippen LogP contribution in [0, 0.1) is 35.8 Å². The van der Waals surface area contributed by atoms with E-state index in [0.29, 0.717) is 16.9 Å². The summed E-state index contributed by atoms with van der Waals surface area (Å²) in [5, 5.41) is 14.2. The molecule has 4 rings (SSSR count). The number of hydrogen-bond acceptors (Lipinski definition) is 4. The second kappa shape index (κ2) is 5.95. The van der Waals surface area contributed by atoms with Gasteiger partial charge in [0.2, 0.25) is 0 Å². The van der Waals surface area contributed by atoms with Crippen molar-refractivity contribution in [3.05, 3.63) is 52.7 Å². The van der Waals surface area contributed by atoms with E-state index in [1.165, 1.54) is 6.20 Å². The first kappa shape index (κ1) is 16.3. The Hall–Kier alpha value is -3.21. The number of ether oxygens (including phenoxy) is 1. The van der Waals surface area contributed by atoms with E-state index in [1.807, 2.05) is 6.07 Å². The third kappa shape index (κ3) is 2.62. The van der Waals surface area contributed by atoms with Crippen LogP contribution in [0.3, 0.4) is 0 Å². The molecule has 0 bridgehead atoms. The van der Waals surface area contributed by atoms with Gasteiger partial charge < -0.3 is 10.1 Å². The van der Waals surface area contributed by atoms with E-state index in [1.54, 1.807) is 13.0 Å². The van der Waals surface area contributed by atoms with Crippen LogP contribution in [0.15, 0.2) is 24.4 Å². The van der Waals surface area contributed by atoms with E-state index in [0.717, 1.165) is 12.1 Å². The zero-order valence-corrected chi connectivity index (χ0v) is 13.7. The van der Waals surface area contributed by atoms with Crippen molar-refractivity contribution < 1.29 is 18.3 Å². The summed E-state index contributed by atoms with van der Waals surface area (Å²) in [6.45, 7) is 1.94. The molecule has 8 heteroatoms. The van der Waals surface area contributed by atoms with Crippen LogP contribution in [0.4, 0.5) is 19.4 Å². The zero-order valence-electron chi connectivity index (χ0n) is 13.7. The van der Waals surface area contributed by atoms with Gasteiger partial charge in [0, 0.05) is 29.6 Å². The highest BCUT2D eigenvalue weighted by molar-refractivity contribution is 5.89. The van der Waals surface area contributed by atoms with Crippen molar-refractivity contribution in [2.45, 2.75) is 18.9 Å². The Labute approximate surface area is 147 Å². The Morgan fingerprint density at radius 2 is 2.15 bits per heavy atom. The number of rotatable bonds is 2. The number of benzene rings is 1. The van der Waals surface area contributed by atoms with E-state index >= 15 is 0 Å². The standard InChI is InChI=1S/C18H14F2N4O2/c1-8-4-9(5-21)6-22-17(8)24-18(25)23-15-10-7-26-16-12(20)3-2-11(19)14(16)13(10)15/h2-4,6,10,13,15H,7H2,1H3,(H2,22,23,24,25)/t10-,13-,15?/m0/s1. The SMILES string of the molecule is Cc1cc(C#N)cnc1NC(=O)NC1[C@H]2COc3c(F)ccc(F)c3[C@@H]12. The maximum atomic E-state index is 14.1. The smallest absolute Gasteiger partial charge is 0.320 e. The van der Waals surface area contributed by atoms with Gasteiger partial charge in [-0.15, -0.1) is 0 Å². The molecule has 2 amide bonds. The van der Waals surface area contributed by atoms with E-state index in [4.69, 9.17) is 10.00 Å². The molecule has 1 saturated carbocycles. The van der Waals surface area contributed by atoms with Crippen molar-refractivity contribution in [3.63, 3.8) is 0 Å². The number of halogens is 2. The average Bonchev–Trinajstić information content (AvgIpc) is 3.32. The van der Waals surface area contributed by atoms with E-state index in [9.17, 15) is 13.6 Å². The van der Waals surface area contributed by atoms with Crippen LogP contribution in [0.2, 0.25) is 0 Å². The summed E-state index contributed by atoms with van der Waals surface area (Å²) in [6, 6.07) is 4.85. The lowest BCUT2D eigenvalue weighted by Gasteiger charge is -2.16. The van der Waals surface area contributed by atoms with Crippen molar-refractivity contribution in [2.24, 2.45) is 5.92 Å². The number of pyridine rings is 1. The van der Waals surface area contributed by atoms with Crippen molar-refractivity contribution in [3.8, 4) is 11.8 Å². The summed E-state index contributed by atoms with van der Waals surface area (Å²) in [4.78, 5) is 16.3. The van der Waals surface area contributed by atoms with Gasteiger partial charge in [-0.05, 0) is 30.7 Å². The minimum atomic E-state index is -0.604. The second-order valence-electron chi connectivity index (χ2n) is 6.40. The number of urea groups is 1. The number of nitrogens with zero attached hydrogens (tertiary/aromatic N) is 2. The van der Waals surface area contributed by atoms with Crippen LogP contribution < -0.4 is 15.4 Å². The summed E-state index contributed by atoms with van der Waals surface area (Å²) in [6.07, 6.45) is 1.36. The molecule has 2 aliphatic rings. The summed E-state index contributed by atoms with van der Waals surface area (Å²) < 4.78 is 33.2. The number of amides is 2. The van der Waals surface area contributed by atoms with Crippen LogP contribution in [-0.4, -0.2) is 23.7 Å². The quantitative estimate of drug-likeness (QED) is 0.866. The third-order valence-corrected chi connectivity index (χ3v) is 4.75. The number of carbonyl (C=O) groups excluding carboxylic acids is 1. The number of anilines is 1. The molecule has 3 atom stereocenters. The average molecular weight is 356 g/mol. The minimum Gasteiger partial charge on any atom is -0.490 e. The molecule has 2 aromatic rings. The Bertz CT molecular complexity index is 957. The maximum absolute atomic E-state index is 14.1. The molecule has 132 valence electrons. The van der Waals surface area contributed by atoms with Gasteiger partial charge in [0.15, 0.2) is 11.6 Å². The molecule has 1 aromatic carbocycles. The largest absolute Gasteiger partial charge is 0.490 e. The third-order valence-electron chi connectivity index (χ3n) is 4.75. The molecule has 6 nitrogen and oxygen atoms in total. The van der Waals surface area contributed by atoms with Gasteiger partial charge in [-0.2, -0.15) is 5.26 Å². The lowest BCUT2D eigenvalue weighted by molar-refractivity contribution is 0.247. The summed E-state index contributed by atoms with van der Waals surface area (Å²) >= 11 is 0. The van der Waals surface area contributed by atoms with Crippen LogP contribution in [0.25, 0.3) is 0 Å². The maximum Gasteiger partial charge on any atom is 0.320 e. The molecule has 1 aliphatic heterocycles. The molecule has 1 aromatic heterocycles. The van der Waals surface area contributed by atoms with Gasteiger partial charge in [-0.1, -0.05) is 0 Å². The molecular formula is C18H14F2N4O2. The van der Waals surface area contributed by atoms with Crippen molar-refractivity contribution in [1.82, 2.24) is 10.3 Å². The number of aromatic nitrogens is 1. The lowest BCUT2D eigenvalue weighted by Crippen LogP contribution is -2.33. The molecule has 2 N–H and O–H groups in total. The number of hydrogen-bond donors (Lipinski definition) is 2. The molecule has 1 fully saturated rings. The van der Waals surface area contributed by atoms with E-state index in [-0.39, 0.29) is 35.8 Å². The predicted octanol–water partition coefficient (Wildman–Crippen LogP) is 2.84. The number of nitrogens with one attached hydrogen (secondary N) is 2. The van der Waals surface area contributed by atoms with Crippen LogP contribution in [0.1, 0.15) is 22.6 Å². The highest BCUT2D eigenvalue weighted by Crippen LogP contribution is 2.55. The van der Waals surface area contributed by atoms with Crippen LogP contribution in [-0.2, 0) is 0 Å². The van der Waals surface area contributed by atoms with Crippen molar-refractivity contribution >= 4 is 11.8 Å². The zero-order chi connectivity index (χ0) is 18.4. The van der Waals surface area contributed by atoms with Gasteiger partial charge in [0.1, 0.15) is 17.7 Å². The topological polar surface area (TPSA) is 87.0 Å². The number of nitriles is 1. The summed E-state index contributed by atoms with van der Waals surface area (Å²) in [5.74, 6) is -1.29. The fraction of sp³-hybridized carbons (Fsp3) is 0.278. The van der Waals surface area contributed by atoms with Gasteiger partial charge in [-0.25, -0.2) is 18.6 Å². The van der Waals surface area contributed by atoms with E-state index < -0.39 is 17.7 Å². The molecular weight excluding hydrogens is 342 g/mol. The van der Waals surface area contributed by atoms with Crippen LogP contribution >= 0.6 is 0 Å². The molecule has 0 saturated heterocycles. The lowest BCUT2D eigenvalue weighted by atomic mass is 10.0. The Morgan fingerprint density at radius 1 is 1.38 bits per heavy atom. The van der Waals surface area contributed by atoms with Gasteiger partial charge in [0.25, 0.3) is 0 Å². The van der Waals surface area contributed by atoms with Gasteiger partial charge >= 0.3 is 6.03 Å². The molecule has 2 heterocycles. The van der Waals surface area contributed by atoms with Crippen molar-refractivity contribution in [2.75, 3.05) is 11.9 Å². The fourth-order valence-corrected chi connectivity index (χ4v) is 3.42. The highest BCUT2D eigenvalue weighted by atomic mass is 19.1. The molecule has 0 radical (unpaired) electrons. The Balaban J connectivity index is 1.47. The fourth-order valence-electron chi connectivity index (χ4n) is 3.42. The first-order chi connectivity index (χ1) is 12.5. The Kier molecular flexibility index (Phi) is 3.72. The normalized spacial score (nSPS) is 22.3. The van der Waals surface area contributed by atoms with Gasteiger partial charge in [0.05, 0.1) is 12.2 Å². The van der Waals surface area contributed by atoms with E-state index in [2.05, 4.69) is 15.6 Å². The van der Waals surface area contributed by atoms with Gasteiger partial charge in [-0.3, -0.25) is 5.32 Å². The van der Waals surface area contributed by atoms with Crippen LogP contribution in [0.5, 0.6) is 5.75 Å². The molecule has 1 aliphatic carbocycles. The Morgan fingerprint density at radius 3 is 2.88 bits per heavy atom. The molecule has 26 heavy (non-hydrogen) atoms. The predicted molar refractivity (Wildman–Crippen MR) is 87.7 cm³/mol. The first-order valence-corrected chi connectivity index (χ1v) is 8.04. The second-order valence-corrected chi connectivity index (χ2v) is 6.40. The highest BCUT2D eigenvalue weighted by Gasteiger charge is 2.57. The summed E-state index contributed by atoms with van der Waals surface area (Å²) in [7, 11) is 0. The monoisotopic (exact) mass is 356 g/mol.